The molecule has 0 heterocycles. The Labute approximate surface area is 154 Å². The summed E-state index contributed by atoms with van der Waals surface area (Å²) in [6.45, 7) is 0. The maximum atomic E-state index is 11.8. The van der Waals surface area contributed by atoms with Crippen molar-refractivity contribution in [2.45, 2.75) is 0 Å². The maximum absolute atomic E-state index is 11.8. The van der Waals surface area contributed by atoms with Crippen molar-refractivity contribution in [3.63, 3.8) is 0 Å². The second kappa shape index (κ2) is 8.99. The molecule has 0 saturated carbocycles. The fourth-order valence-corrected chi connectivity index (χ4v) is 2.04. The first-order chi connectivity index (χ1) is 12.9. The number of nitrogens with one attached hydrogen (secondary N) is 2. The van der Waals surface area contributed by atoms with Crippen molar-refractivity contribution in [3.05, 3.63) is 53.6 Å². The second-order valence-corrected chi connectivity index (χ2v) is 5.13. The summed E-state index contributed by atoms with van der Waals surface area (Å²) in [4.78, 5) is 34.6. The van der Waals surface area contributed by atoms with E-state index in [9.17, 15) is 19.5 Å². The smallest absolute Gasteiger partial charge is 0.329 e. The van der Waals surface area contributed by atoms with Crippen molar-refractivity contribution < 1.29 is 29.0 Å². The molecular weight excluding hydrogens is 354 g/mol. The Kier molecular flexibility index (Phi) is 6.48. The highest BCUT2D eigenvalue weighted by molar-refractivity contribution is 6.39. The molecule has 2 aromatic carbocycles. The Bertz CT molecular complexity index is 877. The number of carbonyl (C=O) groups excluding carboxylic acids is 3. The van der Waals surface area contributed by atoms with E-state index >= 15 is 0 Å². The Hall–Kier alpha value is -3.88. The SMILES string of the molecule is COc1ccc(NC(=O)C(=O)N/N=C\c2ccc(OC)c(C(=O)[O-])c2)cc1. The van der Waals surface area contributed by atoms with Gasteiger partial charge in [0, 0.05) is 11.3 Å². The van der Waals surface area contributed by atoms with Crippen molar-refractivity contribution in [3.8, 4) is 11.5 Å². The summed E-state index contributed by atoms with van der Waals surface area (Å²) in [5.41, 5.74) is 2.67. The normalized spacial score (nSPS) is 10.3. The van der Waals surface area contributed by atoms with Gasteiger partial charge < -0.3 is 24.7 Å². The summed E-state index contributed by atoms with van der Waals surface area (Å²) in [6, 6.07) is 10.6. The summed E-state index contributed by atoms with van der Waals surface area (Å²) in [5, 5.41) is 17.1. The average Bonchev–Trinajstić information content (AvgIpc) is 2.68. The van der Waals surface area contributed by atoms with Crippen LogP contribution in [0.5, 0.6) is 11.5 Å². The molecule has 9 nitrogen and oxygen atoms in total. The van der Waals surface area contributed by atoms with E-state index in [-0.39, 0.29) is 11.3 Å². The lowest BCUT2D eigenvalue weighted by molar-refractivity contribution is -0.255. The molecule has 0 aliphatic carbocycles. The molecule has 0 radical (unpaired) electrons. The second-order valence-electron chi connectivity index (χ2n) is 5.13. The Balaban J connectivity index is 1.96. The molecule has 0 aliphatic heterocycles. The zero-order valence-electron chi connectivity index (χ0n) is 14.5. The molecule has 0 spiro atoms. The third-order valence-corrected chi connectivity index (χ3v) is 3.38. The van der Waals surface area contributed by atoms with Crippen LogP contribution < -0.4 is 25.3 Å². The van der Waals surface area contributed by atoms with Crippen molar-refractivity contribution in [1.82, 2.24) is 5.43 Å². The molecule has 0 unspecified atom stereocenters. The van der Waals surface area contributed by atoms with Gasteiger partial charge in [-0.15, -0.1) is 0 Å². The number of aromatic carboxylic acids is 1. The Morgan fingerprint density at radius 2 is 1.70 bits per heavy atom. The zero-order chi connectivity index (χ0) is 19.8. The number of methoxy groups -OCH3 is 2. The lowest BCUT2D eigenvalue weighted by Gasteiger charge is -2.09. The molecule has 0 aromatic heterocycles. The van der Waals surface area contributed by atoms with Crippen molar-refractivity contribution in [2.24, 2.45) is 5.10 Å². The lowest BCUT2D eigenvalue weighted by atomic mass is 10.1. The van der Waals surface area contributed by atoms with Gasteiger partial charge in [0.2, 0.25) is 0 Å². The highest BCUT2D eigenvalue weighted by Gasteiger charge is 2.13. The highest BCUT2D eigenvalue weighted by atomic mass is 16.5. The number of rotatable bonds is 6. The molecule has 0 saturated heterocycles. The van der Waals surface area contributed by atoms with Gasteiger partial charge in [-0.3, -0.25) is 9.59 Å². The third-order valence-electron chi connectivity index (χ3n) is 3.38. The van der Waals surface area contributed by atoms with Crippen molar-refractivity contribution in [1.29, 1.82) is 0 Å². The molecular formula is C18H16N3O6-. The number of carboxylic acids is 1. The Morgan fingerprint density at radius 1 is 1.00 bits per heavy atom. The average molecular weight is 370 g/mol. The third kappa shape index (κ3) is 5.30. The molecule has 0 atom stereocenters. The Morgan fingerprint density at radius 3 is 2.30 bits per heavy atom. The number of nitrogens with zero attached hydrogens (tertiary/aromatic N) is 1. The van der Waals surface area contributed by atoms with Crippen LogP contribution >= 0.6 is 0 Å². The minimum Gasteiger partial charge on any atom is -0.545 e. The number of carboxylic acid groups (broad SMARTS) is 1. The van der Waals surface area contributed by atoms with E-state index in [2.05, 4.69) is 15.8 Å². The number of anilines is 1. The molecule has 2 amide bonds. The van der Waals surface area contributed by atoms with Gasteiger partial charge in [-0.05, 0) is 48.0 Å². The maximum Gasteiger partial charge on any atom is 0.329 e. The van der Waals surface area contributed by atoms with E-state index < -0.39 is 17.8 Å². The summed E-state index contributed by atoms with van der Waals surface area (Å²) >= 11 is 0. The minimum atomic E-state index is -1.41. The van der Waals surface area contributed by atoms with Crippen LogP contribution in [0.3, 0.4) is 0 Å². The number of hydrogen-bond acceptors (Lipinski definition) is 7. The molecule has 2 N–H and O–H groups in total. The first-order valence-electron chi connectivity index (χ1n) is 7.62. The van der Waals surface area contributed by atoms with E-state index in [1.54, 1.807) is 24.3 Å². The largest absolute Gasteiger partial charge is 0.545 e. The van der Waals surface area contributed by atoms with E-state index in [4.69, 9.17) is 9.47 Å². The van der Waals surface area contributed by atoms with Crippen molar-refractivity contribution in [2.75, 3.05) is 19.5 Å². The van der Waals surface area contributed by atoms with Crippen molar-refractivity contribution >= 4 is 29.7 Å². The van der Waals surface area contributed by atoms with Crippen LogP contribution in [0.4, 0.5) is 5.69 Å². The number of amides is 2. The molecule has 0 bridgehead atoms. The predicted molar refractivity (Wildman–Crippen MR) is 94.7 cm³/mol. The van der Waals surface area contributed by atoms with Crippen LogP contribution in [-0.2, 0) is 9.59 Å². The van der Waals surface area contributed by atoms with Gasteiger partial charge in [-0.25, -0.2) is 5.43 Å². The van der Waals surface area contributed by atoms with E-state index in [0.717, 1.165) is 0 Å². The fourth-order valence-electron chi connectivity index (χ4n) is 2.04. The van der Waals surface area contributed by atoms with E-state index in [1.165, 1.54) is 38.6 Å². The minimum absolute atomic E-state index is 0.134. The topological polar surface area (TPSA) is 129 Å². The van der Waals surface area contributed by atoms with Gasteiger partial charge in [0.1, 0.15) is 11.5 Å². The summed E-state index contributed by atoms with van der Waals surface area (Å²) in [7, 11) is 2.84. The number of hydrazone groups is 1. The molecule has 0 aliphatic rings. The quantitative estimate of drug-likeness (QED) is 0.423. The lowest BCUT2D eigenvalue weighted by Crippen LogP contribution is -2.32. The fraction of sp³-hybridized carbons (Fsp3) is 0.111. The summed E-state index contributed by atoms with van der Waals surface area (Å²) in [5.74, 6) is -2.57. The van der Waals surface area contributed by atoms with Crippen LogP contribution in [0.15, 0.2) is 47.6 Å². The summed E-state index contributed by atoms with van der Waals surface area (Å²) < 4.78 is 9.91. The van der Waals surface area contributed by atoms with E-state index in [1.807, 2.05) is 0 Å². The van der Waals surface area contributed by atoms with Crippen LogP contribution in [-0.4, -0.2) is 38.2 Å². The molecule has 9 heteroatoms. The summed E-state index contributed by atoms with van der Waals surface area (Å²) in [6.07, 6.45) is 1.18. The molecule has 2 rings (SSSR count). The number of carbonyl (C=O) groups is 3. The predicted octanol–water partition coefficient (Wildman–Crippen LogP) is 0.156. The first kappa shape index (κ1) is 19.4. The van der Waals surface area contributed by atoms with Gasteiger partial charge in [-0.1, -0.05) is 0 Å². The monoisotopic (exact) mass is 370 g/mol. The van der Waals surface area contributed by atoms with Gasteiger partial charge in [0.15, 0.2) is 0 Å². The molecule has 2 aromatic rings. The number of ether oxygens (including phenoxy) is 2. The van der Waals surface area contributed by atoms with Crippen LogP contribution in [0.2, 0.25) is 0 Å². The van der Waals surface area contributed by atoms with Gasteiger partial charge in [0.25, 0.3) is 0 Å². The molecule has 0 fully saturated rings. The van der Waals surface area contributed by atoms with Gasteiger partial charge in [0.05, 0.1) is 26.4 Å². The number of hydrogen-bond donors (Lipinski definition) is 2. The zero-order valence-corrected chi connectivity index (χ0v) is 14.5. The van der Waals surface area contributed by atoms with Crippen LogP contribution in [0, 0.1) is 0 Å². The van der Waals surface area contributed by atoms with Gasteiger partial charge >= 0.3 is 11.8 Å². The number of benzene rings is 2. The molecule has 27 heavy (non-hydrogen) atoms. The van der Waals surface area contributed by atoms with Gasteiger partial charge in [-0.2, -0.15) is 5.10 Å². The standard InChI is InChI=1S/C18H17N3O6/c1-26-13-6-4-12(5-7-13)20-16(22)17(23)21-19-10-11-3-8-15(27-2)14(9-11)18(24)25/h3-10H,1-2H3,(H,20,22)(H,21,23)(H,24,25)/p-1/b19-10-. The van der Waals surface area contributed by atoms with Crippen LogP contribution in [0.25, 0.3) is 0 Å². The highest BCUT2D eigenvalue weighted by Crippen LogP contribution is 2.18. The van der Waals surface area contributed by atoms with Crippen LogP contribution in [0.1, 0.15) is 15.9 Å². The first-order valence-corrected chi connectivity index (χ1v) is 7.62. The van der Waals surface area contributed by atoms with E-state index in [0.29, 0.717) is 17.0 Å². The molecule has 140 valence electrons.